The monoisotopic (exact) mass is 657 g/mol. The molecule has 0 aliphatic heterocycles. The van der Waals surface area contributed by atoms with Crippen molar-refractivity contribution in [3.05, 3.63) is 126 Å². The van der Waals surface area contributed by atoms with Crippen LogP contribution < -0.4 is 10.6 Å². The van der Waals surface area contributed by atoms with E-state index in [1.807, 2.05) is 38.4 Å². The van der Waals surface area contributed by atoms with Gasteiger partial charge in [0, 0.05) is 35.9 Å². The summed E-state index contributed by atoms with van der Waals surface area (Å²) in [4.78, 5) is 28.5. The number of likely N-dealkylation sites (N-methyl/N-ethyl adjacent to an activating group) is 1. The molecule has 0 aliphatic carbocycles. The lowest BCUT2D eigenvalue weighted by Gasteiger charge is -2.12. The van der Waals surface area contributed by atoms with Crippen LogP contribution in [0.15, 0.2) is 97.3 Å². The van der Waals surface area contributed by atoms with Gasteiger partial charge in [-0.2, -0.15) is 13.2 Å². The first kappa shape index (κ1) is 32.3. The summed E-state index contributed by atoms with van der Waals surface area (Å²) in [5.41, 5.74) is 1.71. The van der Waals surface area contributed by atoms with Crippen molar-refractivity contribution in [3.63, 3.8) is 0 Å². The summed E-state index contributed by atoms with van der Waals surface area (Å²) in [5, 5.41) is 5.67. The Bertz CT molecular complexity index is 2110. The molecule has 8 nitrogen and oxygen atoms in total. The molecule has 1 amide bonds. The number of nitrogens with one attached hydrogen (secondary N) is 2. The second-order valence-corrected chi connectivity index (χ2v) is 11.2. The average Bonchev–Trinajstić information content (AvgIpc) is 3.43. The maximum Gasteiger partial charge on any atom is 0.417 e. The van der Waals surface area contributed by atoms with Crippen molar-refractivity contribution in [1.29, 1.82) is 0 Å². The third-order valence-electron chi connectivity index (χ3n) is 7.46. The Morgan fingerprint density at radius 1 is 0.875 bits per heavy atom. The number of amides is 1. The molecule has 0 aliphatic rings. The summed E-state index contributed by atoms with van der Waals surface area (Å²) in [5.74, 6) is -2.86. The molecule has 6 rings (SSSR count). The SMILES string of the molecule is CN(C)CCc1cccc(Nc2nccc(-c3c(-c4cccc(NC(=O)c5c(F)cccc5F)c4)nc4ccc(C(F)(F)F)cn34)n2)c1. The van der Waals surface area contributed by atoms with Gasteiger partial charge in [0.15, 0.2) is 0 Å². The summed E-state index contributed by atoms with van der Waals surface area (Å²) in [6.45, 7) is 0.858. The number of aromatic nitrogens is 4. The normalized spacial score (nSPS) is 11.7. The van der Waals surface area contributed by atoms with Gasteiger partial charge >= 0.3 is 6.18 Å². The fraction of sp³-hybridized carbons (Fsp3) is 0.143. The maximum atomic E-state index is 14.3. The van der Waals surface area contributed by atoms with Crippen LogP contribution in [0.3, 0.4) is 0 Å². The number of hydrogen-bond acceptors (Lipinski definition) is 6. The standard InChI is InChI=1S/C35H28F5N7O/c1-46(2)17-15-21-6-3-8-24(18-21)43-34-41-16-14-28(44-34)32-31(45-29-13-12-23(20-47(29)32)35(38,39)40)22-7-4-9-25(19-22)42-33(48)30-26(36)10-5-11-27(30)37/h3-14,16,18-20H,15,17H2,1-2H3,(H,42,48)(H,41,43,44). The molecule has 3 heterocycles. The molecule has 0 fully saturated rings. The maximum absolute atomic E-state index is 14.3. The number of imidazole rings is 1. The number of rotatable bonds is 9. The summed E-state index contributed by atoms with van der Waals surface area (Å²) < 4.78 is 71.3. The second kappa shape index (κ2) is 13.2. The fourth-order valence-corrected chi connectivity index (χ4v) is 5.15. The minimum absolute atomic E-state index is 0.179. The van der Waals surface area contributed by atoms with Crippen molar-refractivity contribution in [2.75, 3.05) is 31.3 Å². The molecule has 0 unspecified atom stereocenters. The Morgan fingerprint density at radius 3 is 2.35 bits per heavy atom. The first-order valence-corrected chi connectivity index (χ1v) is 14.8. The van der Waals surface area contributed by atoms with E-state index in [0.29, 0.717) is 5.56 Å². The first-order chi connectivity index (χ1) is 23.0. The van der Waals surface area contributed by atoms with Crippen LogP contribution in [0, 0.1) is 11.6 Å². The Labute approximate surface area is 271 Å². The first-order valence-electron chi connectivity index (χ1n) is 14.8. The second-order valence-electron chi connectivity index (χ2n) is 11.2. The molecule has 3 aromatic carbocycles. The molecule has 0 radical (unpaired) electrons. The number of pyridine rings is 1. The van der Waals surface area contributed by atoms with Crippen molar-refractivity contribution >= 4 is 28.9 Å². The quantitative estimate of drug-likeness (QED) is 0.154. The van der Waals surface area contributed by atoms with Gasteiger partial charge in [-0.25, -0.2) is 23.7 Å². The zero-order valence-corrected chi connectivity index (χ0v) is 25.7. The van der Waals surface area contributed by atoms with E-state index in [9.17, 15) is 26.7 Å². The molecule has 0 saturated carbocycles. The predicted octanol–water partition coefficient (Wildman–Crippen LogP) is 7.86. The van der Waals surface area contributed by atoms with Gasteiger partial charge in [0.25, 0.3) is 5.91 Å². The third-order valence-corrected chi connectivity index (χ3v) is 7.46. The number of benzene rings is 3. The van der Waals surface area contributed by atoms with Crippen molar-refractivity contribution in [1.82, 2.24) is 24.3 Å². The van der Waals surface area contributed by atoms with Crippen LogP contribution in [-0.2, 0) is 12.6 Å². The predicted molar refractivity (Wildman–Crippen MR) is 173 cm³/mol. The summed E-state index contributed by atoms with van der Waals surface area (Å²) in [6.07, 6.45) is -1.38. The number of nitrogens with zero attached hydrogens (tertiary/aromatic N) is 5. The van der Waals surface area contributed by atoms with Crippen LogP contribution in [-0.4, -0.2) is 50.8 Å². The van der Waals surface area contributed by atoms with Gasteiger partial charge in [-0.3, -0.25) is 9.20 Å². The number of anilines is 3. The smallest absolute Gasteiger partial charge is 0.324 e. The van der Waals surface area contributed by atoms with Gasteiger partial charge < -0.3 is 15.5 Å². The van der Waals surface area contributed by atoms with Crippen LogP contribution in [0.1, 0.15) is 21.5 Å². The van der Waals surface area contributed by atoms with Gasteiger partial charge in [-0.15, -0.1) is 0 Å². The van der Waals surface area contributed by atoms with Gasteiger partial charge in [-0.1, -0.05) is 30.3 Å². The van der Waals surface area contributed by atoms with E-state index >= 15 is 0 Å². The highest BCUT2D eigenvalue weighted by molar-refractivity contribution is 6.05. The Balaban J connectivity index is 1.41. The van der Waals surface area contributed by atoms with Crippen molar-refractivity contribution < 1.29 is 26.7 Å². The van der Waals surface area contributed by atoms with Gasteiger partial charge in [0.2, 0.25) is 5.95 Å². The number of fused-ring (bicyclic) bond motifs is 1. The van der Waals surface area contributed by atoms with Crippen LogP contribution in [0.4, 0.5) is 39.3 Å². The number of carbonyl (C=O) groups is 1. The van der Waals surface area contributed by atoms with E-state index in [2.05, 4.69) is 30.5 Å². The highest BCUT2D eigenvalue weighted by atomic mass is 19.4. The Hall–Kier alpha value is -5.69. The van der Waals surface area contributed by atoms with Crippen LogP contribution in [0.25, 0.3) is 28.3 Å². The van der Waals surface area contributed by atoms with Crippen molar-refractivity contribution in [3.8, 4) is 22.6 Å². The molecular formula is C35H28F5N7O. The topological polar surface area (TPSA) is 87.5 Å². The van der Waals surface area contributed by atoms with E-state index in [1.165, 1.54) is 28.8 Å². The summed E-state index contributed by atoms with van der Waals surface area (Å²) in [6, 6.07) is 20.8. The molecule has 0 atom stereocenters. The molecule has 0 saturated heterocycles. The van der Waals surface area contributed by atoms with Crippen LogP contribution >= 0.6 is 0 Å². The van der Waals surface area contributed by atoms with E-state index in [4.69, 9.17) is 0 Å². The van der Waals surface area contributed by atoms with E-state index in [-0.39, 0.29) is 34.4 Å². The van der Waals surface area contributed by atoms with E-state index < -0.39 is 34.8 Å². The lowest BCUT2D eigenvalue weighted by Crippen LogP contribution is -2.15. The van der Waals surface area contributed by atoms with E-state index in [1.54, 1.807) is 18.2 Å². The van der Waals surface area contributed by atoms with Crippen molar-refractivity contribution in [2.45, 2.75) is 12.6 Å². The summed E-state index contributed by atoms with van der Waals surface area (Å²) in [7, 11) is 3.99. The molecule has 13 heteroatoms. The Kier molecular flexibility index (Phi) is 8.87. The molecule has 0 spiro atoms. The molecule has 6 aromatic rings. The number of alkyl halides is 3. The molecule has 0 bridgehead atoms. The highest BCUT2D eigenvalue weighted by Crippen LogP contribution is 2.36. The lowest BCUT2D eigenvalue weighted by atomic mass is 10.1. The van der Waals surface area contributed by atoms with Gasteiger partial charge in [-0.05, 0) is 80.7 Å². The fourth-order valence-electron chi connectivity index (χ4n) is 5.15. The minimum Gasteiger partial charge on any atom is -0.324 e. The van der Waals surface area contributed by atoms with E-state index in [0.717, 1.165) is 54.7 Å². The van der Waals surface area contributed by atoms with Crippen LogP contribution in [0.2, 0.25) is 0 Å². The number of carbonyl (C=O) groups excluding carboxylic acids is 1. The molecular weight excluding hydrogens is 629 g/mol. The van der Waals surface area contributed by atoms with Gasteiger partial charge in [0.1, 0.15) is 22.8 Å². The zero-order chi connectivity index (χ0) is 34.0. The molecule has 244 valence electrons. The lowest BCUT2D eigenvalue weighted by molar-refractivity contribution is -0.137. The molecule has 2 N–H and O–H groups in total. The summed E-state index contributed by atoms with van der Waals surface area (Å²) >= 11 is 0. The highest BCUT2D eigenvalue weighted by Gasteiger charge is 2.32. The largest absolute Gasteiger partial charge is 0.417 e. The van der Waals surface area contributed by atoms with Crippen molar-refractivity contribution in [2.24, 2.45) is 0 Å². The van der Waals surface area contributed by atoms with Crippen LogP contribution in [0.5, 0.6) is 0 Å². The minimum atomic E-state index is -4.63. The molecule has 48 heavy (non-hydrogen) atoms. The number of halogens is 5. The Morgan fingerprint density at radius 2 is 1.60 bits per heavy atom. The number of hydrogen-bond donors (Lipinski definition) is 2. The average molecular weight is 658 g/mol. The zero-order valence-electron chi connectivity index (χ0n) is 25.7. The van der Waals surface area contributed by atoms with Gasteiger partial charge in [0.05, 0.1) is 22.6 Å². The third kappa shape index (κ3) is 7.00. The molecule has 3 aromatic heterocycles.